The van der Waals surface area contributed by atoms with Crippen LogP contribution in [0.15, 0.2) is 0 Å². The van der Waals surface area contributed by atoms with Crippen molar-refractivity contribution < 1.29 is 9.53 Å². The van der Waals surface area contributed by atoms with Crippen molar-refractivity contribution in [2.24, 2.45) is 23.7 Å². The Morgan fingerprint density at radius 2 is 2.05 bits per heavy atom. The molecule has 3 saturated carbocycles. The van der Waals surface area contributed by atoms with Crippen molar-refractivity contribution in [3.05, 3.63) is 10.6 Å². The van der Waals surface area contributed by atoms with Crippen molar-refractivity contribution in [3.63, 3.8) is 0 Å². The lowest BCUT2D eigenvalue weighted by molar-refractivity contribution is 0.0605. The number of fused-ring (bicyclic) bond motifs is 5. The van der Waals surface area contributed by atoms with E-state index in [1.165, 1.54) is 37.7 Å². The Labute approximate surface area is 116 Å². The predicted molar refractivity (Wildman–Crippen MR) is 73.4 cm³/mol. The SMILES string of the molecule is COC(=O)c1sc(NC2C3C4CCC(C4)C23)nc1C. The Balaban J connectivity index is 1.49. The van der Waals surface area contributed by atoms with Crippen LogP contribution in [-0.2, 0) is 4.74 Å². The Morgan fingerprint density at radius 1 is 1.37 bits per heavy atom. The molecular formula is C14H18N2O2S. The third-order valence-corrected chi connectivity index (χ3v) is 6.26. The highest BCUT2D eigenvalue weighted by Gasteiger charge is 2.65. The number of aryl methyl sites for hydroxylation is 1. The van der Waals surface area contributed by atoms with Crippen LogP contribution in [0.4, 0.5) is 5.13 Å². The Morgan fingerprint density at radius 3 is 2.68 bits per heavy atom. The normalized spacial score (nSPS) is 38.1. The summed E-state index contributed by atoms with van der Waals surface area (Å²) in [5.41, 5.74) is 0.771. The molecule has 102 valence electrons. The van der Waals surface area contributed by atoms with Gasteiger partial charge >= 0.3 is 5.97 Å². The van der Waals surface area contributed by atoms with Crippen LogP contribution >= 0.6 is 11.3 Å². The summed E-state index contributed by atoms with van der Waals surface area (Å²) >= 11 is 1.43. The first kappa shape index (κ1) is 11.7. The number of nitrogens with one attached hydrogen (secondary N) is 1. The van der Waals surface area contributed by atoms with Crippen molar-refractivity contribution in [1.29, 1.82) is 0 Å². The lowest BCUT2D eigenvalue weighted by Gasteiger charge is -2.08. The number of ether oxygens (including phenoxy) is 1. The van der Waals surface area contributed by atoms with Gasteiger partial charge < -0.3 is 10.1 Å². The van der Waals surface area contributed by atoms with Crippen LogP contribution < -0.4 is 5.32 Å². The molecule has 0 aromatic carbocycles. The average Bonchev–Trinajstić information content (AvgIpc) is 2.78. The quantitative estimate of drug-likeness (QED) is 0.864. The van der Waals surface area contributed by atoms with Gasteiger partial charge in [0.1, 0.15) is 4.88 Å². The number of hydrogen-bond donors (Lipinski definition) is 1. The smallest absolute Gasteiger partial charge is 0.350 e. The summed E-state index contributed by atoms with van der Waals surface area (Å²) in [4.78, 5) is 16.7. The third-order valence-electron chi connectivity index (χ3n) is 5.19. The molecule has 4 rings (SSSR count). The van der Waals surface area contributed by atoms with Gasteiger partial charge in [0.2, 0.25) is 0 Å². The van der Waals surface area contributed by atoms with Gasteiger partial charge in [-0.15, -0.1) is 0 Å². The van der Waals surface area contributed by atoms with Gasteiger partial charge in [0.05, 0.1) is 12.8 Å². The molecule has 4 atom stereocenters. The molecule has 1 N–H and O–H groups in total. The van der Waals surface area contributed by atoms with Gasteiger partial charge in [0.25, 0.3) is 0 Å². The van der Waals surface area contributed by atoms with Crippen molar-refractivity contribution in [2.45, 2.75) is 32.2 Å². The third kappa shape index (κ3) is 1.64. The van der Waals surface area contributed by atoms with Crippen LogP contribution in [0.3, 0.4) is 0 Å². The van der Waals surface area contributed by atoms with Gasteiger partial charge in [-0.25, -0.2) is 9.78 Å². The number of anilines is 1. The summed E-state index contributed by atoms with van der Waals surface area (Å²) in [5.74, 6) is 3.38. The number of nitrogens with zero attached hydrogens (tertiary/aromatic N) is 1. The predicted octanol–water partition coefficient (Wildman–Crippen LogP) is 2.69. The fourth-order valence-electron chi connectivity index (χ4n) is 4.40. The molecule has 4 nitrogen and oxygen atoms in total. The van der Waals surface area contributed by atoms with E-state index in [-0.39, 0.29) is 5.97 Å². The fraction of sp³-hybridized carbons (Fsp3) is 0.714. The first-order chi connectivity index (χ1) is 9.19. The molecule has 0 amide bonds. The molecule has 0 saturated heterocycles. The first-order valence-corrected chi connectivity index (χ1v) is 7.83. The largest absolute Gasteiger partial charge is 0.465 e. The monoisotopic (exact) mass is 278 g/mol. The maximum atomic E-state index is 11.6. The second kappa shape index (κ2) is 3.95. The molecule has 0 spiro atoms. The number of carbonyl (C=O) groups excluding carboxylic acids is 1. The summed E-state index contributed by atoms with van der Waals surface area (Å²) in [6, 6.07) is 0.613. The summed E-state index contributed by atoms with van der Waals surface area (Å²) in [6.07, 6.45) is 4.31. The minimum Gasteiger partial charge on any atom is -0.465 e. The van der Waals surface area contributed by atoms with Crippen molar-refractivity contribution >= 4 is 22.4 Å². The van der Waals surface area contributed by atoms with Crippen LogP contribution in [0.25, 0.3) is 0 Å². The molecule has 1 aromatic heterocycles. The topological polar surface area (TPSA) is 51.2 Å². The first-order valence-electron chi connectivity index (χ1n) is 7.01. The van der Waals surface area contributed by atoms with E-state index in [0.717, 1.165) is 34.5 Å². The molecule has 3 fully saturated rings. The number of rotatable bonds is 3. The van der Waals surface area contributed by atoms with Crippen LogP contribution in [-0.4, -0.2) is 24.1 Å². The standard InChI is InChI=1S/C14H18N2O2S/c1-6-12(13(17)18-2)19-14(15-6)16-11-9-7-3-4-8(5-7)10(9)11/h7-11H,3-5H2,1-2H3,(H,15,16). The van der Waals surface area contributed by atoms with Crippen LogP contribution in [0.2, 0.25) is 0 Å². The number of aromatic nitrogens is 1. The minimum absolute atomic E-state index is 0.279. The van der Waals surface area contributed by atoms with Gasteiger partial charge in [-0.1, -0.05) is 11.3 Å². The summed E-state index contributed by atoms with van der Waals surface area (Å²) in [7, 11) is 1.41. The number of hydrogen-bond acceptors (Lipinski definition) is 5. The Bertz CT molecular complexity index is 526. The average molecular weight is 278 g/mol. The van der Waals surface area contributed by atoms with Gasteiger partial charge in [0, 0.05) is 6.04 Å². The van der Waals surface area contributed by atoms with E-state index in [4.69, 9.17) is 4.74 Å². The van der Waals surface area contributed by atoms with Crippen LogP contribution in [0.1, 0.15) is 34.6 Å². The highest BCUT2D eigenvalue weighted by Crippen LogP contribution is 2.66. The number of carbonyl (C=O) groups is 1. The van der Waals surface area contributed by atoms with Gasteiger partial charge in [0.15, 0.2) is 5.13 Å². The second-order valence-corrected chi connectivity index (χ2v) is 7.08. The Hall–Kier alpha value is -1.10. The molecule has 1 aromatic rings. The molecule has 3 aliphatic carbocycles. The van der Waals surface area contributed by atoms with E-state index in [1.54, 1.807) is 0 Å². The molecule has 19 heavy (non-hydrogen) atoms. The zero-order valence-electron chi connectivity index (χ0n) is 11.2. The second-order valence-electron chi connectivity index (χ2n) is 6.08. The highest BCUT2D eigenvalue weighted by atomic mass is 32.1. The van der Waals surface area contributed by atoms with E-state index in [1.807, 2.05) is 6.92 Å². The number of thiazole rings is 1. The molecule has 4 unspecified atom stereocenters. The van der Waals surface area contributed by atoms with E-state index in [0.29, 0.717) is 10.9 Å². The van der Waals surface area contributed by atoms with Crippen molar-refractivity contribution in [1.82, 2.24) is 4.98 Å². The summed E-state index contributed by atoms with van der Waals surface area (Å²) in [5, 5.41) is 4.44. The van der Waals surface area contributed by atoms with E-state index in [9.17, 15) is 4.79 Å². The highest BCUT2D eigenvalue weighted by molar-refractivity contribution is 7.17. The molecule has 0 radical (unpaired) electrons. The zero-order chi connectivity index (χ0) is 13.1. The lowest BCUT2D eigenvalue weighted by atomic mass is 10.0. The minimum atomic E-state index is -0.279. The van der Waals surface area contributed by atoms with Gasteiger partial charge in [-0.2, -0.15) is 0 Å². The van der Waals surface area contributed by atoms with Gasteiger partial charge in [-0.3, -0.25) is 0 Å². The molecule has 5 heteroatoms. The van der Waals surface area contributed by atoms with Crippen LogP contribution in [0, 0.1) is 30.6 Å². The fourth-order valence-corrected chi connectivity index (χ4v) is 5.33. The lowest BCUT2D eigenvalue weighted by Crippen LogP contribution is -2.12. The Kier molecular flexibility index (Phi) is 2.43. The summed E-state index contributed by atoms with van der Waals surface area (Å²) in [6.45, 7) is 1.87. The molecule has 3 aliphatic rings. The van der Waals surface area contributed by atoms with Crippen molar-refractivity contribution in [3.8, 4) is 0 Å². The van der Waals surface area contributed by atoms with Gasteiger partial charge in [-0.05, 0) is 49.9 Å². The molecule has 2 bridgehead atoms. The molecule has 0 aliphatic heterocycles. The summed E-state index contributed by atoms with van der Waals surface area (Å²) < 4.78 is 4.77. The van der Waals surface area contributed by atoms with Crippen LogP contribution in [0.5, 0.6) is 0 Å². The molecular weight excluding hydrogens is 260 g/mol. The number of methoxy groups -OCH3 is 1. The van der Waals surface area contributed by atoms with E-state index < -0.39 is 0 Å². The van der Waals surface area contributed by atoms with E-state index >= 15 is 0 Å². The maximum absolute atomic E-state index is 11.6. The zero-order valence-corrected chi connectivity index (χ0v) is 12.0. The number of esters is 1. The molecule has 1 heterocycles. The maximum Gasteiger partial charge on any atom is 0.350 e. The van der Waals surface area contributed by atoms with E-state index in [2.05, 4.69) is 10.3 Å². The van der Waals surface area contributed by atoms with Crippen molar-refractivity contribution in [2.75, 3.05) is 12.4 Å².